The number of amides is 1. The van der Waals surface area contributed by atoms with E-state index < -0.39 is 5.54 Å². The summed E-state index contributed by atoms with van der Waals surface area (Å²) >= 11 is 0. The van der Waals surface area contributed by atoms with Crippen molar-refractivity contribution in [2.45, 2.75) is 111 Å². The van der Waals surface area contributed by atoms with Crippen LogP contribution >= 0.6 is 0 Å². The second kappa shape index (κ2) is 18.0. The number of benzene rings is 2. The average Bonchev–Trinajstić information content (AvgIpc) is 3.73. The molecule has 2 N–H and O–H groups in total. The fourth-order valence-corrected chi connectivity index (χ4v) is 7.61. The summed E-state index contributed by atoms with van der Waals surface area (Å²) in [5.74, 6) is 1.60. The fraction of sp³-hybridized carbons (Fsp3) is 0.595. The number of hydrogen-bond donors (Lipinski definition) is 2. The van der Waals surface area contributed by atoms with Gasteiger partial charge in [0.15, 0.2) is 0 Å². The lowest BCUT2D eigenvalue weighted by molar-refractivity contribution is -0.120. The Labute approximate surface area is 323 Å². The molecule has 1 aromatic heterocycles. The number of carbonyl (C=O) groups is 1. The molecule has 0 radical (unpaired) electrons. The topological polar surface area (TPSA) is 109 Å². The predicted molar refractivity (Wildman–Crippen MR) is 216 cm³/mol. The van der Waals surface area contributed by atoms with Gasteiger partial charge < -0.3 is 24.4 Å². The minimum atomic E-state index is -0.418. The van der Waals surface area contributed by atoms with Gasteiger partial charge in [-0.2, -0.15) is 0 Å². The van der Waals surface area contributed by atoms with E-state index in [1.54, 1.807) is 0 Å². The van der Waals surface area contributed by atoms with Crippen LogP contribution in [0.15, 0.2) is 48.8 Å². The number of nitrogens with zero attached hydrogens (tertiary/aromatic N) is 6. The van der Waals surface area contributed by atoms with E-state index in [0.717, 1.165) is 73.3 Å². The molecule has 0 spiro atoms. The maximum Gasteiger partial charge on any atom is 0.217 e. The maximum absolute atomic E-state index is 11.3. The van der Waals surface area contributed by atoms with Gasteiger partial charge in [-0.1, -0.05) is 18.2 Å². The van der Waals surface area contributed by atoms with Gasteiger partial charge in [-0.3, -0.25) is 15.2 Å². The molecule has 0 unspecified atom stereocenters. The van der Waals surface area contributed by atoms with Crippen LogP contribution in [0, 0.1) is 19.8 Å². The molecule has 12 nitrogen and oxygen atoms in total. The number of aromatic nitrogens is 3. The Balaban J connectivity index is 0.000000209. The molecule has 2 aromatic carbocycles. The van der Waals surface area contributed by atoms with Crippen LogP contribution in [0.4, 0.5) is 5.69 Å². The van der Waals surface area contributed by atoms with E-state index in [1.165, 1.54) is 68.9 Å². The normalized spacial score (nSPS) is 20.8. The number of rotatable bonds is 12. The molecule has 1 amide bonds. The minimum absolute atomic E-state index is 0. The van der Waals surface area contributed by atoms with Crippen molar-refractivity contribution < 1.29 is 20.4 Å². The second-order valence-electron chi connectivity index (χ2n) is 16.1. The second-order valence-corrected chi connectivity index (χ2v) is 16.1. The summed E-state index contributed by atoms with van der Waals surface area (Å²) in [7, 11) is 2.02. The van der Waals surface area contributed by atoms with Crippen molar-refractivity contribution >= 4 is 17.3 Å². The van der Waals surface area contributed by atoms with Gasteiger partial charge in [-0.25, -0.2) is 4.68 Å². The number of aryl methyl sites for hydroxylation is 2. The van der Waals surface area contributed by atoms with Crippen LogP contribution in [0.5, 0.6) is 5.75 Å². The van der Waals surface area contributed by atoms with Gasteiger partial charge in [-0.15, -0.1) is 10.2 Å². The third kappa shape index (κ3) is 10.5. The van der Waals surface area contributed by atoms with Crippen LogP contribution in [0.25, 0.3) is 17.0 Å². The quantitative estimate of drug-likeness (QED) is 0.207. The SMILES string of the molecule is CC(=O)NC(C)(C)COc1ccc(C2=CN(C[C@H]3CCCCO3)N(C)N2)c(C)c1.CCC1CN(c2ccc(-c3cn(C[C@H]4CCCCO4)nn3)c(C)c2)C1.[HH]. The summed E-state index contributed by atoms with van der Waals surface area (Å²) in [6.45, 7) is 18.1. The Morgan fingerprint density at radius 2 is 1.67 bits per heavy atom. The van der Waals surface area contributed by atoms with Gasteiger partial charge in [0.2, 0.25) is 5.91 Å². The van der Waals surface area contributed by atoms with Crippen molar-refractivity contribution in [1.82, 2.24) is 35.9 Å². The van der Waals surface area contributed by atoms with E-state index in [1.807, 2.05) is 42.8 Å². The molecule has 3 fully saturated rings. The van der Waals surface area contributed by atoms with Gasteiger partial charge in [0.25, 0.3) is 0 Å². The van der Waals surface area contributed by atoms with Crippen molar-refractivity contribution in [3.63, 3.8) is 0 Å². The highest BCUT2D eigenvalue weighted by Crippen LogP contribution is 2.31. The molecular weight excluding hydrogens is 681 g/mol. The minimum Gasteiger partial charge on any atom is -0.491 e. The van der Waals surface area contributed by atoms with E-state index in [0.29, 0.717) is 6.61 Å². The van der Waals surface area contributed by atoms with Crippen LogP contribution in [-0.4, -0.2) is 95.3 Å². The van der Waals surface area contributed by atoms with Crippen LogP contribution in [0.1, 0.15) is 90.8 Å². The monoisotopic (exact) mass is 745 g/mol. The Bertz CT molecular complexity index is 1730. The first-order valence-electron chi connectivity index (χ1n) is 20.0. The third-order valence-electron chi connectivity index (χ3n) is 10.8. The average molecular weight is 745 g/mol. The standard InChI is InChI=1S/C22H34N4O3.C20H28N4O.H2/c1-16-12-18(29-15-22(3,4)23-17(2)27)9-10-20(16)21-14-26(25(5)24-21)13-19-8-6-7-11-28-19;1-3-16-11-23(12-16)17-7-8-19(15(2)10-17)20-14-24(22-21-20)13-18-6-4-5-9-25-18;/h9-10,12,14,19,24H,6-8,11,13,15H2,1-5H3,(H,23,27);7-8,10,14,16,18H,3-6,9,11-13H2,1-2H3;1H/t19-;18-;/m11./s1. The largest absolute Gasteiger partial charge is 0.491 e. The Hall–Kier alpha value is -4.13. The highest BCUT2D eigenvalue weighted by molar-refractivity contribution is 5.73. The Morgan fingerprint density at radius 1 is 0.981 bits per heavy atom. The number of carbonyl (C=O) groups excluding carboxylic acids is 1. The zero-order chi connectivity index (χ0) is 38.2. The number of ether oxygens (including phenoxy) is 3. The van der Waals surface area contributed by atoms with E-state index >= 15 is 0 Å². The summed E-state index contributed by atoms with van der Waals surface area (Å²) in [5.41, 5.74) is 11.0. The molecule has 54 heavy (non-hydrogen) atoms. The predicted octanol–water partition coefficient (Wildman–Crippen LogP) is 6.74. The number of hydrazine groups is 2. The van der Waals surface area contributed by atoms with E-state index in [-0.39, 0.29) is 19.5 Å². The van der Waals surface area contributed by atoms with Gasteiger partial charge in [0, 0.05) is 64.7 Å². The van der Waals surface area contributed by atoms with Gasteiger partial charge in [0.05, 0.1) is 42.7 Å². The molecule has 296 valence electrons. The van der Waals surface area contributed by atoms with Crippen molar-refractivity contribution in [2.24, 2.45) is 5.92 Å². The lowest BCUT2D eigenvalue weighted by Gasteiger charge is -2.41. The first-order chi connectivity index (χ1) is 26.0. The van der Waals surface area contributed by atoms with Crippen molar-refractivity contribution in [3.8, 4) is 17.0 Å². The molecule has 7 rings (SSSR count). The Kier molecular flexibility index (Phi) is 13.2. The zero-order valence-corrected chi connectivity index (χ0v) is 33.6. The summed E-state index contributed by atoms with van der Waals surface area (Å²) in [4.78, 5) is 13.8. The molecular formula is C42H64N8O4. The molecule has 4 aliphatic rings. The lowest BCUT2D eigenvalue weighted by Crippen LogP contribution is -2.46. The maximum atomic E-state index is 11.3. The number of hydrogen-bond acceptors (Lipinski definition) is 10. The molecule has 12 heteroatoms. The van der Waals surface area contributed by atoms with Gasteiger partial charge in [-0.05, 0) is 120 Å². The highest BCUT2D eigenvalue weighted by Gasteiger charge is 2.27. The van der Waals surface area contributed by atoms with Crippen molar-refractivity contribution in [2.75, 3.05) is 51.4 Å². The molecule has 4 aliphatic heterocycles. The molecule has 2 atom stereocenters. The molecule has 0 aliphatic carbocycles. The fourth-order valence-electron chi connectivity index (χ4n) is 7.61. The summed E-state index contributed by atoms with van der Waals surface area (Å²) < 4.78 is 19.5. The molecule has 5 heterocycles. The van der Waals surface area contributed by atoms with Crippen LogP contribution < -0.4 is 20.4 Å². The summed E-state index contributed by atoms with van der Waals surface area (Å²) in [6, 6.07) is 12.8. The first-order valence-corrected chi connectivity index (χ1v) is 20.0. The van der Waals surface area contributed by atoms with E-state index in [4.69, 9.17) is 14.2 Å². The molecule has 3 saturated heterocycles. The Morgan fingerprint density at radius 3 is 2.30 bits per heavy atom. The first kappa shape index (κ1) is 39.6. The van der Waals surface area contributed by atoms with Crippen molar-refractivity contribution in [1.29, 1.82) is 0 Å². The van der Waals surface area contributed by atoms with E-state index in [9.17, 15) is 4.79 Å². The lowest BCUT2D eigenvalue weighted by atomic mass is 9.95. The molecule has 0 saturated carbocycles. The van der Waals surface area contributed by atoms with Crippen LogP contribution in [0.2, 0.25) is 0 Å². The number of anilines is 1. The highest BCUT2D eigenvalue weighted by atomic mass is 16.5. The van der Waals surface area contributed by atoms with Gasteiger partial charge in [0.1, 0.15) is 18.1 Å². The van der Waals surface area contributed by atoms with Gasteiger partial charge >= 0.3 is 0 Å². The zero-order valence-electron chi connectivity index (χ0n) is 33.6. The molecule has 3 aromatic rings. The van der Waals surface area contributed by atoms with Crippen LogP contribution in [0.3, 0.4) is 0 Å². The van der Waals surface area contributed by atoms with Crippen LogP contribution in [-0.2, 0) is 20.8 Å². The molecule has 0 bridgehead atoms. The van der Waals surface area contributed by atoms with E-state index in [2.05, 4.69) is 88.4 Å². The smallest absolute Gasteiger partial charge is 0.217 e. The number of nitrogens with one attached hydrogen (secondary N) is 2. The third-order valence-corrected chi connectivity index (χ3v) is 10.8. The summed E-state index contributed by atoms with van der Waals surface area (Å²) in [5, 5.41) is 15.8. The summed E-state index contributed by atoms with van der Waals surface area (Å²) in [6.07, 6.45) is 13.1. The van der Waals surface area contributed by atoms with Crippen molar-refractivity contribution in [3.05, 3.63) is 65.5 Å².